The molecule has 1 unspecified atom stereocenters. The summed E-state index contributed by atoms with van der Waals surface area (Å²) >= 11 is 0. The van der Waals surface area contributed by atoms with Crippen molar-refractivity contribution < 1.29 is 19.2 Å². The molecule has 3 heterocycles. The molecular formula is C23H22N6O4. The van der Waals surface area contributed by atoms with E-state index >= 15 is 0 Å². The van der Waals surface area contributed by atoms with E-state index in [1.54, 1.807) is 30.5 Å². The number of amides is 4. The summed E-state index contributed by atoms with van der Waals surface area (Å²) < 4.78 is 0. The molecular weight excluding hydrogens is 424 g/mol. The van der Waals surface area contributed by atoms with Crippen LogP contribution in [0.1, 0.15) is 52.0 Å². The molecule has 33 heavy (non-hydrogen) atoms. The van der Waals surface area contributed by atoms with Gasteiger partial charge in [-0.3, -0.25) is 34.4 Å². The van der Waals surface area contributed by atoms with Gasteiger partial charge in [0.1, 0.15) is 12.1 Å². The number of nitriles is 1. The molecule has 1 saturated heterocycles. The monoisotopic (exact) mass is 446 g/mol. The van der Waals surface area contributed by atoms with E-state index in [-0.39, 0.29) is 24.0 Å². The standard InChI is InChI=1S/C23H22N6O4/c24-12-14-13-25-11-8-16(14)26-9-1-2-10-27-17-5-3-4-15-20(17)23(33)29(22(15)32)18-6-7-19(30)28-21(18)31/h3-5,8,11,13,18,27H,1-2,6-7,9-10H2,(H,25,26)(H,28,30,31). The zero-order chi connectivity index (χ0) is 23.4. The SMILES string of the molecule is N#Cc1cnccc1NCCCCNc1cccc2c1C(=O)N(C1CCC(=O)NC1=O)C2=O. The first-order valence-corrected chi connectivity index (χ1v) is 10.7. The Morgan fingerprint density at radius 2 is 1.82 bits per heavy atom. The lowest BCUT2D eigenvalue weighted by Crippen LogP contribution is -2.54. The second-order valence-corrected chi connectivity index (χ2v) is 7.77. The number of unbranched alkanes of at least 4 members (excludes halogenated alkanes) is 1. The topological polar surface area (TPSA) is 144 Å². The number of imide groups is 2. The number of hydrogen-bond donors (Lipinski definition) is 3. The summed E-state index contributed by atoms with van der Waals surface area (Å²) in [5.41, 5.74) is 2.26. The van der Waals surface area contributed by atoms with Gasteiger partial charge < -0.3 is 10.6 Å². The Kier molecular flexibility index (Phi) is 6.31. The molecule has 2 aliphatic heterocycles. The van der Waals surface area contributed by atoms with Crippen molar-refractivity contribution in [3.8, 4) is 6.07 Å². The molecule has 0 saturated carbocycles. The van der Waals surface area contributed by atoms with Gasteiger partial charge in [0.15, 0.2) is 0 Å². The van der Waals surface area contributed by atoms with Crippen LogP contribution >= 0.6 is 0 Å². The highest BCUT2D eigenvalue weighted by molar-refractivity contribution is 6.25. The van der Waals surface area contributed by atoms with E-state index in [2.05, 4.69) is 27.0 Å². The highest BCUT2D eigenvalue weighted by Gasteiger charge is 2.45. The molecule has 10 heteroatoms. The largest absolute Gasteiger partial charge is 0.384 e. The molecule has 1 aromatic heterocycles. The van der Waals surface area contributed by atoms with Crippen molar-refractivity contribution in [1.82, 2.24) is 15.2 Å². The maximum Gasteiger partial charge on any atom is 0.264 e. The zero-order valence-electron chi connectivity index (χ0n) is 17.8. The molecule has 0 radical (unpaired) electrons. The number of nitrogens with zero attached hydrogens (tertiary/aromatic N) is 3. The van der Waals surface area contributed by atoms with Crippen LogP contribution in [0.2, 0.25) is 0 Å². The minimum atomic E-state index is -0.986. The average Bonchev–Trinajstić information content (AvgIpc) is 3.07. The molecule has 4 amide bonds. The highest BCUT2D eigenvalue weighted by Crippen LogP contribution is 2.32. The Labute approximate surface area is 190 Å². The second kappa shape index (κ2) is 9.48. The lowest BCUT2D eigenvalue weighted by molar-refractivity contribution is -0.136. The molecule has 0 aliphatic carbocycles. The molecule has 2 aliphatic rings. The summed E-state index contributed by atoms with van der Waals surface area (Å²) in [7, 11) is 0. The quantitative estimate of drug-likeness (QED) is 0.410. The predicted molar refractivity (Wildman–Crippen MR) is 118 cm³/mol. The molecule has 0 bridgehead atoms. The summed E-state index contributed by atoms with van der Waals surface area (Å²) in [5, 5.41) is 17.7. The number of carbonyl (C=O) groups excluding carboxylic acids is 4. The molecule has 1 fully saturated rings. The van der Waals surface area contributed by atoms with E-state index in [1.807, 2.05) is 0 Å². The summed E-state index contributed by atoms with van der Waals surface area (Å²) in [4.78, 5) is 54.5. The van der Waals surface area contributed by atoms with Gasteiger partial charge in [-0.1, -0.05) is 6.07 Å². The fraction of sp³-hybridized carbons (Fsp3) is 0.304. The van der Waals surface area contributed by atoms with E-state index in [1.165, 1.54) is 6.20 Å². The van der Waals surface area contributed by atoms with Gasteiger partial charge in [-0.15, -0.1) is 0 Å². The van der Waals surface area contributed by atoms with Crippen molar-refractivity contribution in [2.24, 2.45) is 0 Å². The Morgan fingerprint density at radius 1 is 1.06 bits per heavy atom. The van der Waals surface area contributed by atoms with Gasteiger partial charge in [-0.05, 0) is 37.5 Å². The van der Waals surface area contributed by atoms with Crippen molar-refractivity contribution in [2.75, 3.05) is 23.7 Å². The third kappa shape index (κ3) is 4.39. The number of benzene rings is 1. The van der Waals surface area contributed by atoms with Crippen LogP contribution in [0.5, 0.6) is 0 Å². The number of rotatable bonds is 8. The van der Waals surface area contributed by atoms with Gasteiger partial charge in [0, 0.05) is 37.6 Å². The number of nitrogens with one attached hydrogen (secondary N) is 3. The van der Waals surface area contributed by atoms with Crippen LogP contribution in [0.15, 0.2) is 36.7 Å². The third-order valence-corrected chi connectivity index (χ3v) is 5.64. The minimum Gasteiger partial charge on any atom is -0.384 e. The van der Waals surface area contributed by atoms with Crippen molar-refractivity contribution in [2.45, 2.75) is 31.7 Å². The highest BCUT2D eigenvalue weighted by atomic mass is 16.2. The molecule has 10 nitrogen and oxygen atoms in total. The lowest BCUT2D eigenvalue weighted by atomic mass is 10.0. The molecule has 3 N–H and O–H groups in total. The Balaban J connectivity index is 1.35. The van der Waals surface area contributed by atoms with E-state index < -0.39 is 29.7 Å². The number of carbonyl (C=O) groups is 4. The van der Waals surface area contributed by atoms with Crippen molar-refractivity contribution in [3.05, 3.63) is 53.3 Å². The fourth-order valence-corrected chi connectivity index (χ4v) is 4.00. The lowest BCUT2D eigenvalue weighted by Gasteiger charge is -2.27. The number of hydrogen-bond acceptors (Lipinski definition) is 8. The van der Waals surface area contributed by atoms with Crippen LogP contribution in [0.3, 0.4) is 0 Å². The van der Waals surface area contributed by atoms with Crippen LogP contribution < -0.4 is 16.0 Å². The van der Waals surface area contributed by atoms with Crippen molar-refractivity contribution >= 4 is 35.0 Å². The van der Waals surface area contributed by atoms with E-state index in [0.717, 1.165) is 23.4 Å². The van der Waals surface area contributed by atoms with E-state index in [0.29, 0.717) is 24.3 Å². The number of aromatic nitrogens is 1. The summed E-state index contributed by atoms with van der Waals surface area (Å²) in [6.07, 6.45) is 4.93. The van der Waals surface area contributed by atoms with Gasteiger partial charge in [-0.25, -0.2) is 0 Å². The van der Waals surface area contributed by atoms with Crippen LogP contribution in [-0.2, 0) is 9.59 Å². The van der Waals surface area contributed by atoms with Crippen molar-refractivity contribution in [3.63, 3.8) is 0 Å². The van der Waals surface area contributed by atoms with Gasteiger partial charge in [-0.2, -0.15) is 5.26 Å². The Morgan fingerprint density at radius 3 is 2.55 bits per heavy atom. The smallest absolute Gasteiger partial charge is 0.264 e. The molecule has 2 aromatic rings. The van der Waals surface area contributed by atoms with Gasteiger partial charge in [0.05, 0.1) is 22.4 Å². The Hall–Kier alpha value is -4.26. The molecule has 4 rings (SSSR count). The average molecular weight is 446 g/mol. The van der Waals surface area contributed by atoms with Gasteiger partial charge in [0.25, 0.3) is 11.8 Å². The normalized spacial score (nSPS) is 17.4. The number of pyridine rings is 1. The summed E-state index contributed by atoms with van der Waals surface area (Å²) in [5.74, 6) is -2.09. The fourth-order valence-electron chi connectivity index (χ4n) is 4.00. The third-order valence-electron chi connectivity index (χ3n) is 5.64. The first kappa shape index (κ1) is 22.0. The molecule has 1 aromatic carbocycles. The molecule has 0 spiro atoms. The van der Waals surface area contributed by atoms with E-state index in [9.17, 15) is 19.2 Å². The number of anilines is 2. The van der Waals surface area contributed by atoms with Crippen LogP contribution in [0.4, 0.5) is 11.4 Å². The minimum absolute atomic E-state index is 0.0817. The second-order valence-electron chi connectivity index (χ2n) is 7.77. The van der Waals surface area contributed by atoms with Gasteiger partial charge in [0.2, 0.25) is 11.8 Å². The van der Waals surface area contributed by atoms with Crippen LogP contribution in [0.25, 0.3) is 0 Å². The molecule has 1 atom stereocenters. The predicted octanol–water partition coefficient (Wildman–Crippen LogP) is 1.66. The molecule has 168 valence electrons. The van der Waals surface area contributed by atoms with E-state index in [4.69, 9.17) is 5.26 Å². The maximum absolute atomic E-state index is 13.1. The zero-order valence-corrected chi connectivity index (χ0v) is 17.8. The van der Waals surface area contributed by atoms with Crippen LogP contribution in [0, 0.1) is 11.3 Å². The maximum atomic E-state index is 13.1. The van der Waals surface area contributed by atoms with Crippen molar-refractivity contribution in [1.29, 1.82) is 5.26 Å². The number of piperidine rings is 1. The Bertz CT molecular complexity index is 1170. The summed E-state index contributed by atoms with van der Waals surface area (Å²) in [6, 6.07) is 7.84. The summed E-state index contributed by atoms with van der Waals surface area (Å²) in [6.45, 7) is 1.23. The first-order valence-electron chi connectivity index (χ1n) is 10.7. The van der Waals surface area contributed by atoms with Gasteiger partial charge >= 0.3 is 0 Å². The first-order chi connectivity index (χ1) is 16.0. The van der Waals surface area contributed by atoms with Crippen LogP contribution in [-0.4, -0.2) is 52.6 Å². The number of fused-ring (bicyclic) bond motifs is 1.